The fourth-order valence-electron chi connectivity index (χ4n) is 4.68. The topological polar surface area (TPSA) is 41.0 Å². The highest BCUT2D eigenvalue weighted by molar-refractivity contribution is 9.10. The largest absolute Gasteiger partial charge is 0.466 e. The molecule has 3 aliphatic heterocycles. The van der Waals surface area contributed by atoms with E-state index in [-0.39, 0.29) is 11.8 Å². The Morgan fingerprint density at radius 1 is 1.21 bits per heavy atom. The third kappa shape index (κ3) is 2.94. The van der Waals surface area contributed by atoms with Gasteiger partial charge in [-0.05, 0) is 38.1 Å². The number of benzene rings is 1. The highest BCUT2D eigenvalue weighted by Gasteiger charge is 2.52. The molecule has 0 radical (unpaired) electrons. The maximum absolute atomic E-state index is 6.70. The first-order chi connectivity index (χ1) is 13.6. The highest BCUT2D eigenvalue weighted by Crippen LogP contribution is 2.50. The Labute approximate surface area is 174 Å². The summed E-state index contributed by atoms with van der Waals surface area (Å²) in [6.45, 7) is 6.60. The van der Waals surface area contributed by atoms with Gasteiger partial charge in [-0.25, -0.2) is 5.01 Å². The SMILES string of the molecule is CC(C)N1CCC2(CC1)Oc1ccc(Br)cc1[C@H]1CC(c3cccnc3)=NN12. The molecule has 0 unspecified atom stereocenters. The molecule has 4 heterocycles. The molecule has 146 valence electrons. The zero-order valence-electron chi connectivity index (χ0n) is 16.3. The van der Waals surface area contributed by atoms with E-state index in [1.54, 1.807) is 0 Å². The molecule has 2 aromatic rings. The predicted octanol–water partition coefficient (Wildman–Crippen LogP) is 4.59. The average molecular weight is 441 g/mol. The molecular weight excluding hydrogens is 416 g/mol. The normalized spacial score (nSPS) is 23.4. The van der Waals surface area contributed by atoms with Gasteiger partial charge in [0.05, 0.1) is 11.8 Å². The van der Waals surface area contributed by atoms with Gasteiger partial charge in [-0.2, -0.15) is 5.10 Å². The molecule has 1 fully saturated rings. The van der Waals surface area contributed by atoms with Crippen molar-refractivity contribution in [2.45, 2.75) is 50.9 Å². The van der Waals surface area contributed by atoms with Crippen LogP contribution in [0.5, 0.6) is 5.75 Å². The van der Waals surface area contributed by atoms with Crippen molar-refractivity contribution in [3.8, 4) is 5.75 Å². The highest BCUT2D eigenvalue weighted by atomic mass is 79.9. The number of aromatic nitrogens is 1. The van der Waals surface area contributed by atoms with E-state index in [0.29, 0.717) is 6.04 Å². The maximum atomic E-state index is 6.70. The summed E-state index contributed by atoms with van der Waals surface area (Å²) in [7, 11) is 0. The van der Waals surface area contributed by atoms with Gasteiger partial charge in [-0.15, -0.1) is 0 Å². The van der Waals surface area contributed by atoms with Crippen molar-refractivity contribution in [2.75, 3.05) is 13.1 Å². The van der Waals surface area contributed by atoms with Crippen LogP contribution in [-0.2, 0) is 0 Å². The van der Waals surface area contributed by atoms with Crippen molar-refractivity contribution in [1.82, 2.24) is 14.9 Å². The summed E-state index contributed by atoms with van der Waals surface area (Å²) < 4.78 is 7.78. The Hall–Kier alpha value is -1.92. The standard InChI is InChI=1S/C22H25BrN4O/c1-15(2)26-10-7-22(8-11-26)27-20(18-12-17(23)5-6-21(18)28-22)13-19(25-27)16-4-3-9-24-14-16/h3-6,9,12,14-15,20H,7-8,10-11,13H2,1-2H3/t20-/m1/s1. The average Bonchev–Trinajstić information content (AvgIpc) is 3.17. The van der Waals surface area contributed by atoms with Crippen LogP contribution in [0.3, 0.4) is 0 Å². The molecule has 1 spiro atoms. The summed E-state index contributed by atoms with van der Waals surface area (Å²) >= 11 is 3.63. The van der Waals surface area contributed by atoms with E-state index in [1.807, 2.05) is 18.5 Å². The van der Waals surface area contributed by atoms with Crippen molar-refractivity contribution in [3.63, 3.8) is 0 Å². The zero-order chi connectivity index (χ0) is 19.3. The molecule has 5 rings (SSSR count). The lowest BCUT2D eigenvalue weighted by Gasteiger charge is -2.51. The second-order valence-electron chi connectivity index (χ2n) is 8.21. The van der Waals surface area contributed by atoms with E-state index in [0.717, 1.165) is 53.8 Å². The number of hydrogen-bond donors (Lipinski definition) is 0. The molecule has 1 atom stereocenters. The van der Waals surface area contributed by atoms with Crippen LogP contribution in [0.4, 0.5) is 0 Å². The van der Waals surface area contributed by atoms with Crippen LogP contribution in [0.25, 0.3) is 0 Å². The van der Waals surface area contributed by atoms with E-state index in [4.69, 9.17) is 9.84 Å². The lowest BCUT2D eigenvalue weighted by molar-refractivity contribution is -0.152. The number of likely N-dealkylation sites (tertiary alicyclic amines) is 1. The van der Waals surface area contributed by atoms with Gasteiger partial charge in [-0.1, -0.05) is 22.0 Å². The molecule has 5 nitrogen and oxygen atoms in total. The second kappa shape index (κ2) is 6.85. The van der Waals surface area contributed by atoms with E-state index in [1.165, 1.54) is 5.56 Å². The number of nitrogens with zero attached hydrogens (tertiary/aromatic N) is 4. The minimum atomic E-state index is -0.360. The van der Waals surface area contributed by atoms with Gasteiger partial charge in [-0.3, -0.25) is 4.98 Å². The number of hydrazone groups is 1. The minimum absolute atomic E-state index is 0.210. The molecule has 1 aromatic heterocycles. The molecule has 1 aromatic carbocycles. The van der Waals surface area contributed by atoms with Crippen LogP contribution < -0.4 is 4.74 Å². The number of hydrogen-bond acceptors (Lipinski definition) is 5. The summed E-state index contributed by atoms with van der Waals surface area (Å²) in [4.78, 5) is 6.82. The molecule has 0 bridgehead atoms. The van der Waals surface area contributed by atoms with Crippen LogP contribution >= 0.6 is 15.9 Å². The van der Waals surface area contributed by atoms with Gasteiger partial charge < -0.3 is 9.64 Å². The Kier molecular flexibility index (Phi) is 4.43. The molecule has 0 N–H and O–H groups in total. The summed E-state index contributed by atoms with van der Waals surface area (Å²) in [6.07, 6.45) is 6.52. The Morgan fingerprint density at radius 2 is 2.04 bits per heavy atom. The first-order valence-corrected chi connectivity index (χ1v) is 10.8. The van der Waals surface area contributed by atoms with Gasteiger partial charge in [0, 0.05) is 66.4 Å². The number of halogens is 1. The Balaban J connectivity index is 1.55. The zero-order valence-corrected chi connectivity index (χ0v) is 17.9. The summed E-state index contributed by atoms with van der Waals surface area (Å²) in [5.74, 6) is 1.00. The van der Waals surface area contributed by atoms with Crippen molar-refractivity contribution < 1.29 is 4.74 Å². The quantitative estimate of drug-likeness (QED) is 0.684. The number of fused-ring (bicyclic) bond motifs is 4. The summed E-state index contributed by atoms with van der Waals surface area (Å²) in [5, 5.41) is 7.37. The van der Waals surface area contributed by atoms with Crippen LogP contribution in [0.15, 0.2) is 52.3 Å². The molecule has 28 heavy (non-hydrogen) atoms. The number of rotatable bonds is 2. The fourth-order valence-corrected chi connectivity index (χ4v) is 5.06. The molecule has 1 saturated heterocycles. The first-order valence-electron chi connectivity index (χ1n) is 10.1. The van der Waals surface area contributed by atoms with Crippen LogP contribution in [0.2, 0.25) is 0 Å². The smallest absolute Gasteiger partial charge is 0.200 e. The predicted molar refractivity (Wildman–Crippen MR) is 113 cm³/mol. The van der Waals surface area contributed by atoms with Crippen molar-refractivity contribution in [3.05, 3.63) is 58.3 Å². The molecular formula is C22H25BrN4O. The van der Waals surface area contributed by atoms with Crippen molar-refractivity contribution in [1.29, 1.82) is 0 Å². The monoisotopic (exact) mass is 440 g/mol. The summed E-state index contributed by atoms with van der Waals surface area (Å²) in [5.41, 5.74) is 3.05. The molecule has 3 aliphatic rings. The first kappa shape index (κ1) is 18.1. The Morgan fingerprint density at radius 3 is 2.75 bits per heavy atom. The third-order valence-corrected chi connectivity index (χ3v) is 6.76. The Bertz CT molecular complexity index is 906. The number of ether oxygens (including phenoxy) is 1. The van der Waals surface area contributed by atoms with Crippen molar-refractivity contribution >= 4 is 21.6 Å². The lowest BCUT2D eigenvalue weighted by atomic mass is 9.90. The van der Waals surface area contributed by atoms with E-state index >= 15 is 0 Å². The fraction of sp³-hybridized carbons (Fsp3) is 0.455. The van der Waals surface area contributed by atoms with Gasteiger partial charge in [0.25, 0.3) is 0 Å². The number of pyridine rings is 1. The third-order valence-electron chi connectivity index (χ3n) is 6.26. The molecule has 0 saturated carbocycles. The van der Waals surface area contributed by atoms with Crippen LogP contribution in [0.1, 0.15) is 50.3 Å². The van der Waals surface area contributed by atoms with Crippen molar-refractivity contribution in [2.24, 2.45) is 5.10 Å². The van der Waals surface area contributed by atoms with Crippen LogP contribution in [0, 0.1) is 0 Å². The maximum Gasteiger partial charge on any atom is 0.200 e. The second-order valence-corrected chi connectivity index (χ2v) is 9.13. The van der Waals surface area contributed by atoms with E-state index in [9.17, 15) is 0 Å². The van der Waals surface area contributed by atoms with Crippen LogP contribution in [-0.4, -0.2) is 45.5 Å². The molecule has 0 aliphatic carbocycles. The lowest BCUT2D eigenvalue weighted by Crippen LogP contribution is -2.59. The van der Waals surface area contributed by atoms with Gasteiger partial charge >= 0.3 is 0 Å². The van der Waals surface area contributed by atoms with Gasteiger partial charge in [0.2, 0.25) is 5.72 Å². The van der Waals surface area contributed by atoms with Gasteiger partial charge in [0.15, 0.2) is 0 Å². The molecule has 6 heteroatoms. The van der Waals surface area contributed by atoms with E-state index < -0.39 is 0 Å². The number of piperidine rings is 1. The van der Waals surface area contributed by atoms with Gasteiger partial charge in [0.1, 0.15) is 5.75 Å². The minimum Gasteiger partial charge on any atom is -0.466 e. The van der Waals surface area contributed by atoms with E-state index in [2.05, 4.69) is 68.9 Å². The molecule has 0 amide bonds. The summed E-state index contributed by atoms with van der Waals surface area (Å²) in [6, 6.07) is 11.2.